The highest BCUT2D eigenvalue weighted by Crippen LogP contribution is 2.16. The number of hydrazone groups is 1. The van der Waals surface area contributed by atoms with Crippen molar-refractivity contribution in [1.29, 1.82) is 0 Å². The fourth-order valence-electron chi connectivity index (χ4n) is 1.53. The summed E-state index contributed by atoms with van der Waals surface area (Å²) < 4.78 is 5.42. The minimum atomic E-state index is -0.509. The number of urea groups is 1. The Kier molecular flexibility index (Phi) is 3.57. The van der Waals surface area contributed by atoms with E-state index in [1.165, 1.54) is 6.21 Å². The van der Waals surface area contributed by atoms with Gasteiger partial charge < -0.3 is 4.74 Å². The molecule has 1 fully saturated rings. The van der Waals surface area contributed by atoms with Crippen molar-refractivity contribution in [3.63, 3.8) is 0 Å². The van der Waals surface area contributed by atoms with Crippen molar-refractivity contribution in [2.75, 3.05) is 13.2 Å². The number of carbonyl (C=O) groups is 2. The Hall–Kier alpha value is -2.37. The van der Waals surface area contributed by atoms with Crippen LogP contribution >= 0.6 is 0 Å². The topological polar surface area (TPSA) is 71.0 Å². The molecular formula is C12H13N3O3. The van der Waals surface area contributed by atoms with E-state index in [4.69, 9.17) is 4.74 Å². The molecule has 0 aromatic heterocycles. The first kappa shape index (κ1) is 12.1. The summed E-state index contributed by atoms with van der Waals surface area (Å²) in [5.74, 6) is 0.338. The smallest absolute Gasteiger partial charge is 0.344 e. The zero-order valence-electron chi connectivity index (χ0n) is 9.92. The summed E-state index contributed by atoms with van der Waals surface area (Å²) in [5, 5.41) is 7.18. The van der Waals surface area contributed by atoms with Crippen molar-refractivity contribution in [2.24, 2.45) is 5.10 Å². The van der Waals surface area contributed by atoms with Gasteiger partial charge in [0.2, 0.25) is 5.91 Å². The van der Waals surface area contributed by atoms with Crippen molar-refractivity contribution < 1.29 is 14.3 Å². The molecule has 0 unspecified atom stereocenters. The van der Waals surface area contributed by atoms with Gasteiger partial charge >= 0.3 is 6.03 Å². The van der Waals surface area contributed by atoms with Gasteiger partial charge in [-0.05, 0) is 19.1 Å². The first-order chi connectivity index (χ1) is 8.70. The molecule has 1 N–H and O–H groups in total. The number of amides is 3. The lowest BCUT2D eigenvalue weighted by atomic mass is 10.2. The number of nitrogens with zero attached hydrogens (tertiary/aromatic N) is 2. The molecule has 1 aromatic carbocycles. The SMILES string of the molecule is CCOc1ccccc1/C=N/N1CC(=O)NC1=O. The van der Waals surface area contributed by atoms with E-state index in [0.717, 1.165) is 10.6 Å². The minimum absolute atomic E-state index is 0.0495. The third-order valence-electron chi connectivity index (χ3n) is 2.33. The van der Waals surface area contributed by atoms with Crippen molar-refractivity contribution in [3.8, 4) is 5.75 Å². The summed E-state index contributed by atoms with van der Waals surface area (Å²) in [7, 11) is 0. The fourth-order valence-corrected chi connectivity index (χ4v) is 1.53. The average Bonchev–Trinajstić information content (AvgIpc) is 2.67. The van der Waals surface area contributed by atoms with Crippen LogP contribution < -0.4 is 10.1 Å². The number of para-hydroxylation sites is 1. The highest BCUT2D eigenvalue weighted by atomic mass is 16.5. The molecule has 0 bridgehead atoms. The Bertz CT molecular complexity index is 499. The monoisotopic (exact) mass is 247 g/mol. The second kappa shape index (κ2) is 5.31. The van der Waals surface area contributed by atoms with Crippen molar-refractivity contribution >= 4 is 18.2 Å². The first-order valence-electron chi connectivity index (χ1n) is 5.58. The van der Waals surface area contributed by atoms with Gasteiger partial charge in [-0.1, -0.05) is 12.1 Å². The lowest BCUT2D eigenvalue weighted by Crippen LogP contribution is -2.24. The number of carbonyl (C=O) groups excluding carboxylic acids is 2. The quantitative estimate of drug-likeness (QED) is 0.636. The molecule has 6 nitrogen and oxygen atoms in total. The predicted molar refractivity (Wildman–Crippen MR) is 65.4 cm³/mol. The van der Waals surface area contributed by atoms with Gasteiger partial charge in [0.1, 0.15) is 12.3 Å². The number of nitrogens with one attached hydrogen (secondary N) is 1. The zero-order valence-corrected chi connectivity index (χ0v) is 9.92. The Labute approximate surface area is 104 Å². The van der Waals surface area contributed by atoms with Crippen LogP contribution in [0, 0.1) is 0 Å². The van der Waals surface area contributed by atoms with Crippen molar-refractivity contribution in [2.45, 2.75) is 6.92 Å². The van der Waals surface area contributed by atoms with E-state index < -0.39 is 6.03 Å². The van der Waals surface area contributed by atoms with Gasteiger partial charge in [-0.3, -0.25) is 10.1 Å². The molecule has 3 amide bonds. The summed E-state index contributed by atoms with van der Waals surface area (Å²) in [5.41, 5.74) is 0.756. The number of hydrogen-bond acceptors (Lipinski definition) is 4. The molecule has 94 valence electrons. The Morgan fingerprint density at radius 3 is 2.89 bits per heavy atom. The third kappa shape index (κ3) is 2.65. The largest absolute Gasteiger partial charge is 0.493 e. The van der Waals surface area contributed by atoms with Gasteiger partial charge in [0.15, 0.2) is 0 Å². The number of rotatable bonds is 4. The van der Waals surface area contributed by atoms with E-state index >= 15 is 0 Å². The molecule has 0 atom stereocenters. The summed E-state index contributed by atoms with van der Waals surface area (Å²) in [6.45, 7) is 2.39. The van der Waals surface area contributed by atoms with Crippen LogP contribution in [0.15, 0.2) is 29.4 Å². The zero-order chi connectivity index (χ0) is 13.0. The summed E-state index contributed by atoms with van der Waals surface area (Å²) in [6, 6.07) is 6.84. The lowest BCUT2D eigenvalue weighted by Gasteiger charge is -2.07. The Balaban J connectivity index is 2.13. The van der Waals surface area contributed by atoms with Gasteiger partial charge in [0, 0.05) is 5.56 Å². The highest BCUT2D eigenvalue weighted by Gasteiger charge is 2.25. The van der Waals surface area contributed by atoms with Crippen LogP contribution in [0.1, 0.15) is 12.5 Å². The average molecular weight is 247 g/mol. The molecule has 1 aromatic rings. The van der Waals surface area contributed by atoms with Gasteiger partial charge in [-0.15, -0.1) is 0 Å². The van der Waals surface area contributed by atoms with E-state index in [9.17, 15) is 9.59 Å². The second-order valence-corrected chi connectivity index (χ2v) is 3.63. The molecule has 1 aliphatic rings. The molecule has 1 heterocycles. The van der Waals surface area contributed by atoms with E-state index in [0.29, 0.717) is 12.4 Å². The van der Waals surface area contributed by atoms with E-state index in [2.05, 4.69) is 10.4 Å². The fraction of sp³-hybridized carbons (Fsp3) is 0.250. The highest BCUT2D eigenvalue weighted by molar-refractivity contribution is 6.02. The number of ether oxygens (including phenoxy) is 1. The Morgan fingerprint density at radius 1 is 1.44 bits per heavy atom. The summed E-state index contributed by atoms with van der Waals surface area (Å²) in [6.07, 6.45) is 1.50. The molecule has 0 spiro atoms. The second-order valence-electron chi connectivity index (χ2n) is 3.63. The first-order valence-corrected chi connectivity index (χ1v) is 5.58. The molecular weight excluding hydrogens is 234 g/mol. The van der Waals surface area contributed by atoms with Crippen LogP contribution in [-0.4, -0.2) is 36.3 Å². The summed E-state index contributed by atoms with van der Waals surface area (Å²) >= 11 is 0. The van der Waals surface area contributed by atoms with Crippen molar-refractivity contribution in [3.05, 3.63) is 29.8 Å². The molecule has 2 rings (SSSR count). The maximum absolute atomic E-state index is 11.3. The molecule has 18 heavy (non-hydrogen) atoms. The van der Waals surface area contributed by atoms with Gasteiger partial charge in [-0.2, -0.15) is 5.10 Å². The Morgan fingerprint density at radius 2 is 2.22 bits per heavy atom. The molecule has 1 aliphatic heterocycles. The normalized spacial score (nSPS) is 15.3. The van der Waals surface area contributed by atoms with Crippen LogP contribution in [0.3, 0.4) is 0 Å². The van der Waals surface area contributed by atoms with Crippen LogP contribution in [0.2, 0.25) is 0 Å². The van der Waals surface area contributed by atoms with Gasteiger partial charge in [0.25, 0.3) is 0 Å². The molecule has 0 saturated carbocycles. The molecule has 1 saturated heterocycles. The number of imide groups is 1. The van der Waals surface area contributed by atoms with Crippen LogP contribution in [0.4, 0.5) is 4.79 Å². The predicted octanol–water partition coefficient (Wildman–Crippen LogP) is 0.971. The molecule has 6 heteroatoms. The van der Waals surface area contributed by atoms with Crippen molar-refractivity contribution in [1.82, 2.24) is 10.3 Å². The van der Waals surface area contributed by atoms with Crippen LogP contribution in [0.25, 0.3) is 0 Å². The maximum atomic E-state index is 11.3. The maximum Gasteiger partial charge on any atom is 0.344 e. The third-order valence-corrected chi connectivity index (χ3v) is 2.33. The molecule has 0 aliphatic carbocycles. The van der Waals surface area contributed by atoms with Crippen LogP contribution in [-0.2, 0) is 4.79 Å². The molecule has 0 radical (unpaired) electrons. The summed E-state index contributed by atoms with van der Waals surface area (Å²) in [4.78, 5) is 22.2. The van der Waals surface area contributed by atoms with E-state index in [1.54, 1.807) is 0 Å². The number of benzene rings is 1. The van der Waals surface area contributed by atoms with E-state index in [1.807, 2.05) is 31.2 Å². The van der Waals surface area contributed by atoms with Gasteiger partial charge in [-0.25, -0.2) is 9.80 Å². The lowest BCUT2D eigenvalue weighted by molar-refractivity contribution is -0.118. The van der Waals surface area contributed by atoms with Gasteiger partial charge in [0.05, 0.1) is 12.8 Å². The number of hydrogen-bond donors (Lipinski definition) is 1. The van der Waals surface area contributed by atoms with E-state index in [-0.39, 0.29) is 12.5 Å². The minimum Gasteiger partial charge on any atom is -0.493 e. The van der Waals surface area contributed by atoms with Crippen LogP contribution in [0.5, 0.6) is 5.75 Å². The standard InChI is InChI=1S/C12H13N3O3/c1-2-18-10-6-4-3-5-9(10)7-13-15-8-11(16)14-12(15)17/h3-7H,2,8H2,1H3,(H,14,16,17)/b13-7+.